The Hall–Kier alpha value is -1.22. The lowest BCUT2D eigenvalue weighted by Crippen LogP contribution is -2.40. The molecular formula is C16H14ClNO3S3. The van der Waals surface area contributed by atoms with Crippen molar-refractivity contribution in [3.63, 3.8) is 0 Å². The van der Waals surface area contributed by atoms with Gasteiger partial charge in [-0.1, -0.05) is 17.7 Å². The molecule has 4 nitrogen and oxygen atoms in total. The van der Waals surface area contributed by atoms with Crippen LogP contribution in [0.5, 0.6) is 0 Å². The van der Waals surface area contributed by atoms with E-state index in [9.17, 15) is 13.5 Å². The lowest BCUT2D eigenvalue weighted by Gasteiger charge is -2.26. The number of nitrogens with one attached hydrogen (secondary N) is 1. The summed E-state index contributed by atoms with van der Waals surface area (Å²) < 4.78 is 27.4. The van der Waals surface area contributed by atoms with Crippen LogP contribution in [0.4, 0.5) is 0 Å². The van der Waals surface area contributed by atoms with Gasteiger partial charge in [0.2, 0.25) is 10.0 Å². The fourth-order valence-electron chi connectivity index (χ4n) is 2.24. The first-order valence-electron chi connectivity index (χ1n) is 6.96. The van der Waals surface area contributed by atoms with Crippen LogP contribution in [0, 0.1) is 0 Å². The average Bonchev–Trinajstić information content (AvgIpc) is 3.26. The van der Waals surface area contributed by atoms with Gasteiger partial charge in [-0.2, -0.15) is 11.3 Å². The van der Waals surface area contributed by atoms with Gasteiger partial charge in [0.05, 0.1) is 4.90 Å². The highest BCUT2D eigenvalue weighted by molar-refractivity contribution is 7.89. The van der Waals surface area contributed by atoms with Gasteiger partial charge in [-0.15, -0.1) is 11.3 Å². The molecule has 1 unspecified atom stereocenters. The lowest BCUT2D eigenvalue weighted by molar-refractivity contribution is 0.0903. The molecule has 3 aromatic rings. The van der Waals surface area contributed by atoms with E-state index in [0.29, 0.717) is 15.5 Å². The van der Waals surface area contributed by atoms with Crippen molar-refractivity contribution in [2.24, 2.45) is 0 Å². The minimum absolute atomic E-state index is 0.103. The van der Waals surface area contributed by atoms with E-state index in [-0.39, 0.29) is 11.4 Å². The SMILES string of the molecule is O=S(=O)(NCC(O)(c1ccsc1)c1cccs1)c1ccc(Cl)cc1. The van der Waals surface area contributed by atoms with Crippen LogP contribution in [0.25, 0.3) is 0 Å². The number of halogens is 1. The van der Waals surface area contributed by atoms with E-state index in [1.165, 1.54) is 46.9 Å². The second-order valence-electron chi connectivity index (χ2n) is 5.13. The molecule has 0 fully saturated rings. The minimum atomic E-state index is -3.75. The molecule has 0 saturated carbocycles. The number of sulfonamides is 1. The van der Waals surface area contributed by atoms with Crippen LogP contribution in [-0.4, -0.2) is 20.1 Å². The molecule has 0 spiro atoms. The first kappa shape index (κ1) is 17.6. The lowest BCUT2D eigenvalue weighted by atomic mass is 9.95. The van der Waals surface area contributed by atoms with E-state index in [0.717, 1.165) is 0 Å². The fraction of sp³-hybridized carbons (Fsp3) is 0.125. The average molecular weight is 400 g/mol. The summed E-state index contributed by atoms with van der Waals surface area (Å²) in [5.41, 5.74) is -0.748. The Kier molecular flexibility index (Phi) is 5.10. The highest BCUT2D eigenvalue weighted by Crippen LogP contribution is 2.34. The summed E-state index contributed by atoms with van der Waals surface area (Å²) in [7, 11) is -3.75. The Labute approximate surface area is 153 Å². The van der Waals surface area contributed by atoms with E-state index in [1.54, 1.807) is 12.1 Å². The van der Waals surface area contributed by atoms with Gasteiger partial charge in [-0.05, 0) is 52.5 Å². The van der Waals surface area contributed by atoms with Gasteiger partial charge in [0.25, 0.3) is 0 Å². The van der Waals surface area contributed by atoms with Crippen molar-refractivity contribution in [2.45, 2.75) is 10.5 Å². The van der Waals surface area contributed by atoms with Crippen molar-refractivity contribution in [1.29, 1.82) is 0 Å². The van der Waals surface area contributed by atoms with Crippen molar-refractivity contribution in [3.8, 4) is 0 Å². The number of thiophene rings is 2. The van der Waals surface area contributed by atoms with Crippen molar-refractivity contribution in [1.82, 2.24) is 4.72 Å². The quantitative estimate of drug-likeness (QED) is 0.664. The number of benzene rings is 1. The molecule has 0 saturated heterocycles. The van der Waals surface area contributed by atoms with E-state index in [1.807, 2.05) is 22.2 Å². The molecule has 3 rings (SSSR count). The summed E-state index contributed by atoms with van der Waals surface area (Å²) in [4.78, 5) is 0.783. The van der Waals surface area contributed by atoms with E-state index >= 15 is 0 Å². The molecule has 1 aromatic carbocycles. The van der Waals surface area contributed by atoms with E-state index < -0.39 is 15.6 Å². The maximum absolute atomic E-state index is 12.5. The molecule has 1 atom stereocenters. The van der Waals surface area contributed by atoms with E-state index in [2.05, 4.69) is 4.72 Å². The number of aliphatic hydroxyl groups is 1. The number of rotatable bonds is 6. The molecule has 2 aromatic heterocycles. The number of hydrogen-bond acceptors (Lipinski definition) is 5. The Morgan fingerprint density at radius 1 is 1.12 bits per heavy atom. The molecular weight excluding hydrogens is 386 g/mol. The van der Waals surface area contributed by atoms with Gasteiger partial charge in [0.1, 0.15) is 5.60 Å². The van der Waals surface area contributed by atoms with Crippen molar-refractivity contribution in [2.75, 3.05) is 6.54 Å². The van der Waals surface area contributed by atoms with Crippen LogP contribution in [0.15, 0.2) is 63.5 Å². The normalized spacial score (nSPS) is 14.4. The third kappa shape index (κ3) is 3.56. The second kappa shape index (κ2) is 6.95. The molecule has 2 heterocycles. The van der Waals surface area contributed by atoms with Crippen LogP contribution < -0.4 is 4.72 Å². The molecule has 0 aliphatic rings. The highest BCUT2D eigenvalue weighted by Gasteiger charge is 2.34. The predicted octanol–water partition coefficient (Wildman–Crippen LogP) is 3.68. The number of hydrogen-bond donors (Lipinski definition) is 2. The maximum Gasteiger partial charge on any atom is 0.240 e. The molecule has 0 aliphatic carbocycles. The molecule has 0 bridgehead atoms. The molecule has 0 amide bonds. The zero-order valence-corrected chi connectivity index (χ0v) is 15.6. The van der Waals surface area contributed by atoms with Gasteiger partial charge in [0.15, 0.2) is 0 Å². The monoisotopic (exact) mass is 399 g/mol. The van der Waals surface area contributed by atoms with Crippen molar-refractivity contribution >= 4 is 44.3 Å². The van der Waals surface area contributed by atoms with Gasteiger partial charge in [-0.25, -0.2) is 13.1 Å². The molecule has 2 N–H and O–H groups in total. The summed E-state index contributed by atoms with van der Waals surface area (Å²) in [6.45, 7) is -0.158. The largest absolute Gasteiger partial charge is 0.378 e. The molecule has 126 valence electrons. The molecule has 8 heteroatoms. The summed E-state index contributed by atoms with van der Waals surface area (Å²) in [6, 6.07) is 11.3. The third-order valence-corrected chi connectivity index (χ3v) is 6.94. The second-order valence-corrected chi connectivity index (χ2v) is 9.06. The maximum atomic E-state index is 12.5. The Morgan fingerprint density at radius 3 is 2.46 bits per heavy atom. The van der Waals surface area contributed by atoms with E-state index in [4.69, 9.17) is 11.6 Å². The van der Waals surface area contributed by atoms with Crippen LogP contribution in [-0.2, 0) is 15.6 Å². The Balaban J connectivity index is 1.88. The summed E-state index contributed by atoms with van der Waals surface area (Å²) >= 11 is 8.62. The highest BCUT2D eigenvalue weighted by atomic mass is 35.5. The Bertz CT molecular complexity index is 854. The standard InChI is InChI=1S/C16H14ClNO3S3/c17-13-3-5-14(6-4-13)24(20,21)18-11-16(19,12-7-9-22-10-12)15-2-1-8-23-15/h1-10,18-19H,11H2. The summed E-state index contributed by atoms with van der Waals surface area (Å²) in [6.07, 6.45) is 0. The van der Waals surface area contributed by atoms with Crippen molar-refractivity contribution in [3.05, 3.63) is 74.1 Å². The first-order chi connectivity index (χ1) is 11.4. The van der Waals surface area contributed by atoms with Gasteiger partial charge in [0, 0.05) is 22.0 Å². The third-order valence-electron chi connectivity index (χ3n) is 3.57. The zero-order chi connectivity index (χ0) is 17.2. The van der Waals surface area contributed by atoms with Gasteiger partial charge in [-0.3, -0.25) is 0 Å². The fourth-order valence-corrected chi connectivity index (χ4v) is 5.00. The molecule has 24 heavy (non-hydrogen) atoms. The van der Waals surface area contributed by atoms with Crippen LogP contribution in [0.3, 0.4) is 0 Å². The van der Waals surface area contributed by atoms with Crippen LogP contribution in [0.1, 0.15) is 10.4 Å². The Morgan fingerprint density at radius 2 is 1.88 bits per heavy atom. The van der Waals surface area contributed by atoms with Gasteiger partial charge < -0.3 is 5.11 Å². The predicted molar refractivity (Wildman–Crippen MR) is 98.3 cm³/mol. The summed E-state index contributed by atoms with van der Waals surface area (Å²) in [5.74, 6) is 0. The minimum Gasteiger partial charge on any atom is -0.378 e. The van der Waals surface area contributed by atoms with Crippen LogP contribution in [0.2, 0.25) is 5.02 Å². The van der Waals surface area contributed by atoms with Crippen molar-refractivity contribution < 1.29 is 13.5 Å². The van der Waals surface area contributed by atoms with Crippen LogP contribution >= 0.6 is 34.3 Å². The zero-order valence-electron chi connectivity index (χ0n) is 12.3. The first-order valence-corrected chi connectivity index (χ1v) is 10.6. The van der Waals surface area contributed by atoms with Gasteiger partial charge >= 0.3 is 0 Å². The molecule has 0 aliphatic heterocycles. The smallest absolute Gasteiger partial charge is 0.240 e. The topological polar surface area (TPSA) is 66.4 Å². The summed E-state index contributed by atoms with van der Waals surface area (Å²) in [5, 5.41) is 17.1. The molecule has 0 radical (unpaired) electrons.